The highest BCUT2D eigenvalue weighted by Gasteiger charge is 2.64. The van der Waals surface area contributed by atoms with Gasteiger partial charge >= 0.3 is 0 Å². The van der Waals surface area contributed by atoms with Crippen molar-refractivity contribution in [2.24, 2.45) is 5.92 Å². The number of fused-ring (bicyclic) bond motifs is 4. The molecule has 0 radical (unpaired) electrons. The number of nitrogens with zero attached hydrogens (tertiary/aromatic N) is 4. The first-order valence-corrected chi connectivity index (χ1v) is 20.7. The summed E-state index contributed by atoms with van der Waals surface area (Å²) in [5.74, 6) is 1.16. The van der Waals surface area contributed by atoms with Crippen molar-refractivity contribution in [1.82, 2.24) is 15.0 Å². The normalized spacial score (nSPS) is 22.0. The van der Waals surface area contributed by atoms with E-state index in [9.17, 15) is 14.7 Å². The van der Waals surface area contributed by atoms with Crippen molar-refractivity contribution in [3.8, 4) is 17.2 Å². The summed E-state index contributed by atoms with van der Waals surface area (Å²) in [7, 11) is -0.708. The van der Waals surface area contributed by atoms with E-state index in [1.54, 1.807) is 28.8 Å². The molecule has 0 unspecified atom stereocenters. The topological polar surface area (TPSA) is 128 Å². The molecule has 4 heterocycles. The highest BCUT2D eigenvalue weighted by atomic mass is 28.3. The maximum atomic E-state index is 14.4. The van der Waals surface area contributed by atoms with Crippen molar-refractivity contribution in [3.63, 3.8) is 0 Å². The summed E-state index contributed by atoms with van der Waals surface area (Å²) in [6, 6.07) is 28.6. The number of aryl methyl sites for hydroxylation is 1. The van der Waals surface area contributed by atoms with Gasteiger partial charge in [0.15, 0.2) is 11.4 Å². The van der Waals surface area contributed by atoms with E-state index in [-0.39, 0.29) is 36.0 Å². The molecule has 1 aromatic heterocycles. The molecule has 4 atom stereocenters. The standard InChI is InChI=1S/C40H41N5O6Si/c1-25-37(52(3,4)29-16-14-28(49-2)15-17-29)36(19-21-44-24-26(20-22-46)42-43-44)51-40(25)31-23-27(13-18-32(31)41-39(40)48)45-33-10-6-8-12-35(33)50-34-11-7-5-9-30(34)38(45)47/h5-18,23-25,36-37,46H,19-22H2,1-4H3,(H,41,48)/t25-,36+,37-,40+/m1/s1. The lowest BCUT2D eigenvalue weighted by molar-refractivity contribution is -0.143. The molecule has 0 bridgehead atoms. The minimum Gasteiger partial charge on any atom is -0.497 e. The monoisotopic (exact) mass is 715 g/mol. The summed E-state index contributed by atoms with van der Waals surface area (Å²) in [5, 5.41) is 22.3. The van der Waals surface area contributed by atoms with Gasteiger partial charge in [-0.2, -0.15) is 0 Å². The number of benzene rings is 4. The van der Waals surface area contributed by atoms with E-state index in [2.05, 4.69) is 47.8 Å². The Labute approximate surface area is 303 Å². The average molecular weight is 716 g/mol. The lowest BCUT2D eigenvalue weighted by atomic mass is 9.82. The van der Waals surface area contributed by atoms with E-state index >= 15 is 0 Å². The molecule has 2 N–H and O–H groups in total. The van der Waals surface area contributed by atoms with E-state index in [1.807, 2.05) is 72.9 Å². The number of aliphatic hydroxyl groups is 1. The number of nitrogens with one attached hydrogen (secondary N) is 1. The van der Waals surface area contributed by atoms with E-state index in [4.69, 9.17) is 14.2 Å². The van der Waals surface area contributed by atoms with Crippen molar-refractivity contribution >= 4 is 42.1 Å². The quantitative estimate of drug-likeness (QED) is 0.174. The summed E-state index contributed by atoms with van der Waals surface area (Å²) in [4.78, 5) is 30.4. The molecule has 2 amide bonds. The lowest BCUT2D eigenvalue weighted by Gasteiger charge is -2.37. The highest BCUT2D eigenvalue weighted by Crippen LogP contribution is 2.59. The number of rotatable bonds is 9. The number of amides is 2. The van der Waals surface area contributed by atoms with Crippen LogP contribution in [0.1, 0.15) is 35.0 Å². The van der Waals surface area contributed by atoms with Gasteiger partial charge < -0.3 is 24.6 Å². The molecular formula is C40H41N5O6Si. The summed E-state index contributed by atoms with van der Waals surface area (Å²) < 4.78 is 20.7. The van der Waals surface area contributed by atoms with Crippen molar-refractivity contribution in [2.75, 3.05) is 23.9 Å². The number of aliphatic hydroxyl groups excluding tert-OH is 1. The number of aromatic nitrogens is 3. The summed E-state index contributed by atoms with van der Waals surface area (Å²) in [6.07, 6.45) is 2.58. The van der Waals surface area contributed by atoms with Gasteiger partial charge in [-0.1, -0.05) is 66.8 Å². The molecular weight excluding hydrogens is 675 g/mol. The van der Waals surface area contributed by atoms with Crippen LogP contribution < -0.4 is 24.9 Å². The van der Waals surface area contributed by atoms with Gasteiger partial charge in [-0.05, 0) is 66.6 Å². The molecule has 3 aliphatic rings. The Morgan fingerprint density at radius 1 is 0.981 bits per heavy atom. The zero-order valence-corrected chi connectivity index (χ0v) is 30.6. The smallest absolute Gasteiger partial charge is 0.266 e. The highest BCUT2D eigenvalue weighted by molar-refractivity contribution is 6.91. The number of methoxy groups -OCH3 is 1. The Kier molecular flexibility index (Phi) is 8.48. The zero-order chi connectivity index (χ0) is 36.2. The van der Waals surface area contributed by atoms with Crippen LogP contribution in [0.3, 0.4) is 0 Å². The largest absolute Gasteiger partial charge is 0.497 e. The van der Waals surface area contributed by atoms with Crippen LogP contribution in [-0.2, 0) is 28.1 Å². The Bertz CT molecular complexity index is 2170. The Morgan fingerprint density at radius 3 is 2.50 bits per heavy atom. The molecule has 8 rings (SSSR count). The maximum Gasteiger partial charge on any atom is 0.266 e. The fourth-order valence-corrected chi connectivity index (χ4v) is 12.6. The minimum absolute atomic E-state index is 0.00115. The molecule has 0 saturated carbocycles. The SMILES string of the molecule is COc1ccc([Si](C)(C)[C@H]2[C@H](CCn3cc(CCO)nn3)O[C@@]3(C(=O)Nc4ccc(N5C(=O)c6ccccc6Oc6ccccc65)cc43)[C@@H]2C)cc1. The Balaban J connectivity index is 1.22. The molecule has 1 spiro atoms. The third kappa shape index (κ3) is 5.40. The van der Waals surface area contributed by atoms with Crippen molar-refractivity contribution < 1.29 is 28.9 Å². The van der Waals surface area contributed by atoms with Gasteiger partial charge in [-0.25, -0.2) is 0 Å². The first-order valence-electron chi connectivity index (χ1n) is 17.6. The molecule has 52 heavy (non-hydrogen) atoms. The number of para-hydroxylation sites is 3. The molecule has 3 aliphatic heterocycles. The number of carbonyl (C=O) groups is 2. The summed E-state index contributed by atoms with van der Waals surface area (Å²) in [5.41, 5.74) is 2.47. The van der Waals surface area contributed by atoms with Gasteiger partial charge in [-0.15, -0.1) is 5.10 Å². The number of hydrogen-bond donors (Lipinski definition) is 2. The summed E-state index contributed by atoms with van der Waals surface area (Å²) in [6.45, 7) is 7.35. The van der Waals surface area contributed by atoms with Gasteiger partial charge in [0.05, 0.1) is 38.2 Å². The van der Waals surface area contributed by atoms with Gasteiger partial charge in [0.1, 0.15) is 11.5 Å². The van der Waals surface area contributed by atoms with Crippen LogP contribution >= 0.6 is 0 Å². The lowest BCUT2D eigenvalue weighted by Crippen LogP contribution is -2.51. The Morgan fingerprint density at radius 2 is 1.73 bits per heavy atom. The second-order valence-electron chi connectivity index (χ2n) is 14.3. The van der Waals surface area contributed by atoms with Crippen molar-refractivity contribution in [3.05, 3.63) is 114 Å². The molecule has 266 valence electrons. The van der Waals surface area contributed by atoms with E-state index < -0.39 is 13.7 Å². The molecule has 4 aromatic carbocycles. The maximum absolute atomic E-state index is 14.4. The molecule has 1 fully saturated rings. The predicted molar refractivity (Wildman–Crippen MR) is 200 cm³/mol. The van der Waals surface area contributed by atoms with E-state index in [0.29, 0.717) is 59.1 Å². The van der Waals surface area contributed by atoms with Crippen LogP contribution in [0.2, 0.25) is 18.6 Å². The van der Waals surface area contributed by atoms with Crippen molar-refractivity contribution in [2.45, 2.75) is 56.7 Å². The van der Waals surface area contributed by atoms with Gasteiger partial charge in [0.25, 0.3) is 11.8 Å². The van der Waals surface area contributed by atoms with E-state index in [0.717, 1.165) is 11.4 Å². The third-order valence-corrected chi connectivity index (χ3v) is 15.4. The van der Waals surface area contributed by atoms with Crippen LogP contribution in [0.25, 0.3) is 0 Å². The Hall–Kier alpha value is -5.30. The first kappa shape index (κ1) is 33.8. The fourth-order valence-electron chi connectivity index (χ4n) is 8.53. The third-order valence-electron chi connectivity index (χ3n) is 11.1. The molecule has 5 aromatic rings. The zero-order valence-electron chi connectivity index (χ0n) is 29.6. The minimum atomic E-state index is -2.37. The number of hydrogen-bond acceptors (Lipinski definition) is 8. The van der Waals surface area contributed by atoms with Crippen LogP contribution in [0, 0.1) is 5.92 Å². The summed E-state index contributed by atoms with van der Waals surface area (Å²) >= 11 is 0. The molecule has 11 nitrogen and oxygen atoms in total. The molecule has 0 aliphatic carbocycles. The van der Waals surface area contributed by atoms with Crippen LogP contribution in [0.15, 0.2) is 97.2 Å². The predicted octanol–water partition coefficient (Wildman–Crippen LogP) is 6.16. The van der Waals surface area contributed by atoms with Gasteiger partial charge in [0.2, 0.25) is 0 Å². The van der Waals surface area contributed by atoms with Crippen LogP contribution in [0.5, 0.6) is 17.2 Å². The number of carbonyl (C=O) groups excluding carboxylic acids is 2. The fraction of sp³-hybridized carbons (Fsp3) is 0.300. The second-order valence-corrected chi connectivity index (χ2v) is 19.0. The van der Waals surface area contributed by atoms with Crippen LogP contribution in [-0.4, -0.2) is 59.8 Å². The number of ether oxygens (including phenoxy) is 3. The molecule has 12 heteroatoms. The van der Waals surface area contributed by atoms with E-state index in [1.165, 1.54) is 5.19 Å². The van der Waals surface area contributed by atoms with Gasteiger partial charge in [0, 0.05) is 48.6 Å². The molecule has 1 saturated heterocycles. The first-order chi connectivity index (χ1) is 25.1. The van der Waals surface area contributed by atoms with Crippen LogP contribution in [0.4, 0.5) is 17.1 Å². The second kappa shape index (κ2) is 13.0. The van der Waals surface area contributed by atoms with Gasteiger partial charge in [-0.3, -0.25) is 19.2 Å². The van der Waals surface area contributed by atoms with Crippen molar-refractivity contribution in [1.29, 1.82) is 0 Å². The average Bonchev–Trinajstić information content (AvgIpc) is 3.79. The number of anilines is 3.